The zero-order valence-corrected chi connectivity index (χ0v) is 18.2. The van der Waals surface area contributed by atoms with Crippen LogP contribution in [0.25, 0.3) is 6.08 Å². The number of amides is 2. The molecule has 170 valence electrons. The van der Waals surface area contributed by atoms with Gasteiger partial charge in [0, 0.05) is 6.08 Å². The Balaban J connectivity index is 0. The Bertz CT molecular complexity index is 903. The van der Waals surface area contributed by atoms with Gasteiger partial charge >= 0.3 is 5.97 Å². The number of hydrogen-bond acceptors (Lipinski definition) is 5. The van der Waals surface area contributed by atoms with Crippen molar-refractivity contribution in [3.8, 4) is 0 Å². The van der Waals surface area contributed by atoms with Crippen LogP contribution in [0, 0.1) is 0 Å². The average Bonchev–Trinajstić information content (AvgIpc) is 2.64. The summed E-state index contributed by atoms with van der Waals surface area (Å²) < 4.78 is 29.5. The molecule has 5 N–H and O–H groups in total. The van der Waals surface area contributed by atoms with Gasteiger partial charge in [0.1, 0.15) is 0 Å². The van der Waals surface area contributed by atoms with E-state index in [1.807, 2.05) is 36.4 Å². The summed E-state index contributed by atoms with van der Waals surface area (Å²) in [5.41, 5.74) is 4.59. The maximum Gasteiger partial charge on any atom is 0.328 e. The van der Waals surface area contributed by atoms with Crippen molar-refractivity contribution < 1.29 is 32.5 Å². The van der Waals surface area contributed by atoms with Gasteiger partial charge in [-0.2, -0.15) is 8.42 Å². The third-order valence-corrected chi connectivity index (χ3v) is 3.92. The molecule has 9 nitrogen and oxygen atoms in total. The molecule has 0 spiro atoms. The summed E-state index contributed by atoms with van der Waals surface area (Å²) in [5.74, 6) is -2.42. The van der Waals surface area contributed by atoms with Crippen LogP contribution in [0.5, 0.6) is 0 Å². The summed E-state index contributed by atoms with van der Waals surface area (Å²) in [6.45, 7) is 9.28. The Morgan fingerprint density at radius 1 is 1.10 bits per heavy atom. The molecule has 0 bridgehead atoms. The van der Waals surface area contributed by atoms with E-state index in [0.29, 0.717) is 0 Å². The molecule has 0 aliphatic rings. The van der Waals surface area contributed by atoms with Crippen molar-refractivity contribution in [1.82, 2.24) is 5.32 Å². The molecule has 0 saturated heterocycles. The Hall–Kier alpha value is -3.50. The molecule has 0 aliphatic carbocycles. The number of nitrogens with two attached hydrogens (primary N) is 1. The summed E-state index contributed by atoms with van der Waals surface area (Å²) in [7, 11) is -4.08. The molecule has 10 heteroatoms. The predicted molar refractivity (Wildman–Crippen MR) is 120 cm³/mol. The lowest BCUT2D eigenvalue weighted by Crippen LogP contribution is -2.47. The van der Waals surface area contributed by atoms with Gasteiger partial charge in [-0.25, -0.2) is 4.79 Å². The van der Waals surface area contributed by atoms with Crippen molar-refractivity contribution in [2.24, 2.45) is 5.73 Å². The molecule has 1 aromatic rings. The molecule has 0 unspecified atom stereocenters. The molecule has 0 aliphatic heterocycles. The number of carboxylic acids is 1. The second-order valence-corrected chi connectivity index (χ2v) is 7.83. The Morgan fingerprint density at radius 2 is 1.61 bits per heavy atom. The van der Waals surface area contributed by atoms with Gasteiger partial charge in [0.2, 0.25) is 11.8 Å². The highest BCUT2D eigenvalue weighted by atomic mass is 32.2. The zero-order valence-electron chi connectivity index (χ0n) is 17.4. The molecule has 1 rings (SSSR count). The number of carbonyl (C=O) groups is 3. The van der Waals surface area contributed by atoms with Gasteiger partial charge in [0.25, 0.3) is 10.1 Å². The number of hydrogen-bond donors (Lipinski definition) is 4. The smallest absolute Gasteiger partial charge is 0.328 e. The SMILES string of the molecule is C=CC(=O)NC(C)(C)CS(=O)(=O)O.C=CC(N)=O.O=C(O)C=CC=Cc1ccccc1. The first kappa shape index (κ1) is 29.7. The zero-order chi connectivity index (χ0) is 24.5. The van der Waals surface area contributed by atoms with E-state index in [0.717, 1.165) is 23.8 Å². The molecule has 0 heterocycles. The van der Waals surface area contributed by atoms with E-state index in [1.165, 1.54) is 19.9 Å². The summed E-state index contributed by atoms with van der Waals surface area (Å²) in [5, 5.41) is 10.7. The summed E-state index contributed by atoms with van der Waals surface area (Å²) in [6, 6.07) is 9.70. The van der Waals surface area contributed by atoms with Crippen molar-refractivity contribution in [3.63, 3.8) is 0 Å². The highest BCUT2D eigenvalue weighted by molar-refractivity contribution is 7.85. The quantitative estimate of drug-likeness (QED) is 0.266. The first-order valence-electron chi connectivity index (χ1n) is 8.66. The lowest BCUT2D eigenvalue weighted by molar-refractivity contribution is -0.131. The summed E-state index contributed by atoms with van der Waals surface area (Å²) >= 11 is 0. The molecule has 0 aromatic heterocycles. The van der Waals surface area contributed by atoms with E-state index in [9.17, 15) is 22.8 Å². The number of nitrogens with one attached hydrogen (secondary N) is 1. The third kappa shape index (κ3) is 22.7. The first-order chi connectivity index (χ1) is 14.2. The predicted octanol–water partition coefficient (Wildman–Crippen LogP) is 1.95. The minimum absolute atomic E-state index is 0.478. The van der Waals surface area contributed by atoms with Crippen LogP contribution in [0.2, 0.25) is 0 Å². The third-order valence-electron chi connectivity index (χ3n) is 2.83. The normalized spacial score (nSPS) is 10.8. The average molecular weight is 453 g/mol. The minimum Gasteiger partial charge on any atom is -0.478 e. The molecule has 1 aromatic carbocycles. The minimum atomic E-state index is -4.08. The number of carboxylic acid groups (broad SMARTS) is 1. The van der Waals surface area contributed by atoms with Crippen LogP contribution >= 0.6 is 0 Å². The van der Waals surface area contributed by atoms with Crippen molar-refractivity contribution in [2.75, 3.05) is 5.75 Å². The molecule has 0 atom stereocenters. The lowest BCUT2D eigenvalue weighted by atomic mass is 10.1. The molecule has 2 amide bonds. The van der Waals surface area contributed by atoms with Crippen molar-refractivity contribution in [2.45, 2.75) is 19.4 Å². The first-order valence-corrected chi connectivity index (χ1v) is 10.3. The van der Waals surface area contributed by atoms with Gasteiger partial charge in [0.05, 0.1) is 11.3 Å². The molecular formula is C21H28N2O7S. The van der Waals surface area contributed by atoms with Crippen molar-refractivity contribution in [3.05, 3.63) is 79.4 Å². The highest BCUT2D eigenvalue weighted by Crippen LogP contribution is 2.05. The van der Waals surface area contributed by atoms with Crippen LogP contribution in [0.1, 0.15) is 19.4 Å². The topological polar surface area (TPSA) is 164 Å². The van der Waals surface area contributed by atoms with Gasteiger partial charge in [-0.15, -0.1) is 0 Å². The maximum atomic E-state index is 10.8. The van der Waals surface area contributed by atoms with E-state index < -0.39 is 39.2 Å². The van der Waals surface area contributed by atoms with E-state index in [4.69, 9.17) is 9.66 Å². The van der Waals surface area contributed by atoms with Crippen LogP contribution in [0.4, 0.5) is 0 Å². The van der Waals surface area contributed by atoms with E-state index >= 15 is 0 Å². The van der Waals surface area contributed by atoms with E-state index in [2.05, 4.69) is 24.2 Å². The summed E-state index contributed by atoms with van der Waals surface area (Å²) in [6.07, 6.45) is 8.23. The number of benzene rings is 1. The van der Waals surface area contributed by atoms with Crippen LogP contribution < -0.4 is 11.1 Å². The number of aliphatic carboxylic acids is 1. The van der Waals surface area contributed by atoms with Gasteiger partial charge in [0.15, 0.2) is 0 Å². The molecular weight excluding hydrogens is 424 g/mol. The van der Waals surface area contributed by atoms with Crippen LogP contribution in [-0.2, 0) is 24.5 Å². The van der Waals surface area contributed by atoms with Gasteiger partial charge < -0.3 is 16.2 Å². The molecule has 0 fully saturated rings. The van der Waals surface area contributed by atoms with E-state index in [1.54, 1.807) is 6.08 Å². The second-order valence-electron chi connectivity index (χ2n) is 6.38. The number of carbonyl (C=O) groups excluding carboxylic acids is 2. The Labute approximate surface area is 182 Å². The van der Waals surface area contributed by atoms with Crippen molar-refractivity contribution >= 4 is 34.0 Å². The van der Waals surface area contributed by atoms with Crippen LogP contribution in [0.3, 0.4) is 0 Å². The van der Waals surface area contributed by atoms with Gasteiger partial charge in [-0.1, -0.05) is 61.7 Å². The summed E-state index contributed by atoms with van der Waals surface area (Å²) in [4.78, 5) is 30.4. The maximum absolute atomic E-state index is 10.8. The van der Waals surface area contributed by atoms with Crippen molar-refractivity contribution in [1.29, 1.82) is 0 Å². The Morgan fingerprint density at radius 3 is 2.00 bits per heavy atom. The van der Waals surface area contributed by atoms with Crippen LogP contribution in [0.15, 0.2) is 73.9 Å². The monoisotopic (exact) mass is 452 g/mol. The number of rotatable bonds is 8. The lowest BCUT2D eigenvalue weighted by Gasteiger charge is -2.23. The molecule has 31 heavy (non-hydrogen) atoms. The second kappa shape index (κ2) is 15.4. The Kier molecular flexibility index (Phi) is 14.7. The fourth-order valence-electron chi connectivity index (χ4n) is 1.75. The molecule has 0 radical (unpaired) electrons. The largest absolute Gasteiger partial charge is 0.478 e. The van der Waals surface area contributed by atoms with Crippen LogP contribution in [-0.4, -0.2) is 47.2 Å². The highest BCUT2D eigenvalue weighted by Gasteiger charge is 2.25. The standard InChI is InChI=1S/C11H10O2.C7H13NO4S.C3H5NO/c12-11(13)9-5-4-8-10-6-2-1-3-7-10;1-4-6(9)8-7(2,3)5-13(10,11)12;1-2-3(4)5/h1-9H,(H,12,13);4H,1,5H2,2-3H3,(H,8,9)(H,10,11,12);2H,1H2,(H2,4,5). The van der Waals surface area contributed by atoms with Gasteiger partial charge in [-0.3, -0.25) is 14.1 Å². The number of allylic oxidation sites excluding steroid dienone is 2. The number of primary amides is 1. The molecule has 0 saturated carbocycles. The van der Waals surface area contributed by atoms with Gasteiger partial charge in [-0.05, 0) is 31.6 Å². The fraction of sp³-hybridized carbons (Fsp3) is 0.190. The van der Waals surface area contributed by atoms with E-state index in [-0.39, 0.29) is 0 Å². The fourth-order valence-corrected chi connectivity index (χ4v) is 2.73.